The third-order valence-corrected chi connectivity index (χ3v) is 10.9. The maximum atomic E-state index is 14.6. The summed E-state index contributed by atoms with van der Waals surface area (Å²) in [5.74, 6) is -1.31. The quantitative estimate of drug-likeness (QED) is 0.247. The van der Waals surface area contributed by atoms with Crippen molar-refractivity contribution in [3.05, 3.63) is 54.6 Å². The van der Waals surface area contributed by atoms with Crippen LogP contribution in [0.1, 0.15) is 52.4 Å². The van der Waals surface area contributed by atoms with E-state index in [1.165, 1.54) is 0 Å². The van der Waals surface area contributed by atoms with Crippen LogP contribution in [0.5, 0.6) is 0 Å². The molecular formula is C31H42ClN3O4S. The fourth-order valence-corrected chi connectivity index (χ4v) is 9.50. The van der Waals surface area contributed by atoms with E-state index in [1.807, 2.05) is 24.0 Å². The molecule has 1 N–H and O–H groups in total. The molecule has 3 heterocycles. The molecule has 0 aromatic heterocycles. The monoisotopic (exact) mass is 587 g/mol. The van der Waals surface area contributed by atoms with Crippen molar-refractivity contribution in [2.45, 2.75) is 67.9 Å². The van der Waals surface area contributed by atoms with E-state index in [0.29, 0.717) is 49.6 Å². The van der Waals surface area contributed by atoms with E-state index in [0.717, 1.165) is 19.3 Å². The van der Waals surface area contributed by atoms with Gasteiger partial charge in [-0.1, -0.05) is 30.7 Å². The number of benzene rings is 1. The summed E-state index contributed by atoms with van der Waals surface area (Å²) in [6, 6.07) is 6.43. The van der Waals surface area contributed by atoms with Crippen molar-refractivity contribution < 1.29 is 19.5 Å². The molecule has 3 amide bonds. The highest BCUT2D eigenvalue weighted by atomic mass is 35.5. The number of fused-ring (bicyclic) bond motifs is 1. The second-order valence-corrected chi connectivity index (χ2v) is 13.7. The molecule has 218 valence electrons. The van der Waals surface area contributed by atoms with Gasteiger partial charge >= 0.3 is 0 Å². The molecule has 7 nitrogen and oxygen atoms in total. The smallest absolute Gasteiger partial charge is 0.251 e. The second-order valence-electron chi connectivity index (χ2n) is 11.3. The van der Waals surface area contributed by atoms with Crippen molar-refractivity contribution in [3.63, 3.8) is 0 Å². The Hall–Kier alpha value is -2.29. The third-order valence-electron chi connectivity index (χ3n) is 8.70. The third kappa shape index (κ3) is 5.35. The topological polar surface area (TPSA) is 81.2 Å². The first-order valence-electron chi connectivity index (χ1n) is 14.4. The number of unbranched alkanes of at least 4 members (excludes halogenated alkanes) is 2. The predicted octanol–water partition coefficient (Wildman–Crippen LogP) is 4.93. The Bertz CT molecular complexity index is 1130. The van der Waals surface area contributed by atoms with Crippen LogP contribution in [0.3, 0.4) is 0 Å². The minimum absolute atomic E-state index is 0.00865. The van der Waals surface area contributed by atoms with E-state index >= 15 is 0 Å². The first-order chi connectivity index (χ1) is 19.2. The predicted molar refractivity (Wildman–Crippen MR) is 162 cm³/mol. The summed E-state index contributed by atoms with van der Waals surface area (Å²) in [4.78, 5) is 48.4. The van der Waals surface area contributed by atoms with Gasteiger partial charge in [0.2, 0.25) is 11.8 Å². The lowest BCUT2D eigenvalue weighted by Crippen LogP contribution is -2.55. The molecule has 5 atom stereocenters. The highest BCUT2D eigenvalue weighted by Gasteiger charge is 2.77. The van der Waals surface area contributed by atoms with Crippen LogP contribution in [0.2, 0.25) is 5.02 Å². The largest absolute Gasteiger partial charge is 0.396 e. The number of carbonyl (C=O) groups excluding carboxylic acids is 3. The molecule has 1 spiro atoms. The summed E-state index contributed by atoms with van der Waals surface area (Å²) in [5.41, 5.74) is 0.693. The van der Waals surface area contributed by atoms with Crippen LogP contribution in [0.4, 0.5) is 5.69 Å². The molecule has 0 aliphatic carbocycles. The first kappa shape index (κ1) is 30.7. The first-order valence-corrected chi connectivity index (χ1v) is 15.6. The van der Waals surface area contributed by atoms with Gasteiger partial charge in [0.25, 0.3) is 5.91 Å². The number of likely N-dealkylation sites (tertiary alicyclic amines) is 1. The number of carbonyl (C=O) groups is 3. The second kappa shape index (κ2) is 12.7. The Morgan fingerprint density at radius 1 is 1.12 bits per heavy atom. The number of halogens is 1. The summed E-state index contributed by atoms with van der Waals surface area (Å²) in [7, 11) is 0. The van der Waals surface area contributed by atoms with Gasteiger partial charge in [0.15, 0.2) is 0 Å². The molecule has 2 bridgehead atoms. The van der Waals surface area contributed by atoms with Crippen LogP contribution in [-0.4, -0.2) is 80.9 Å². The van der Waals surface area contributed by atoms with Crippen molar-refractivity contribution in [1.29, 1.82) is 0 Å². The molecular weight excluding hydrogens is 546 g/mol. The number of hydrogen-bond donors (Lipinski definition) is 1. The molecule has 3 aliphatic rings. The van der Waals surface area contributed by atoms with Crippen molar-refractivity contribution in [2.75, 3.05) is 37.7 Å². The Labute approximate surface area is 247 Å². The molecule has 0 saturated carbocycles. The van der Waals surface area contributed by atoms with Crippen LogP contribution in [0.25, 0.3) is 0 Å². The van der Waals surface area contributed by atoms with Gasteiger partial charge in [-0.15, -0.1) is 24.9 Å². The van der Waals surface area contributed by atoms with Gasteiger partial charge in [0, 0.05) is 48.2 Å². The molecule has 2 unspecified atom stereocenters. The molecule has 3 saturated heterocycles. The number of nitrogens with zero attached hydrogens (tertiary/aromatic N) is 3. The highest BCUT2D eigenvalue weighted by Crippen LogP contribution is 2.71. The molecule has 3 aliphatic heterocycles. The molecule has 3 fully saturated rings. The van der Waals surface area contributed by atoms with E-state index < -0.39 is 27.4 Å². The SMILES string of the molecule is C=CCN(CCC)C(=O)[C@@H]1[C@H]2C(=O)N(CCCCCO)C(C(=O)N(CC=C)c3ccc(Cl)cc3)C23CC[C@@]1(C)S3. The van der Waals surface area contributed by atoms with Crippen molar-refractivity contribution in [2.24, 2.45) is 11.8 Å². The number of anilines is 1. The summed E-state index contributed by atoms with van der Waals surface area (Å²) >= 11 is 7.83. The normalized spacial score (nSPS) is 28.4. The average Bonchev–Trinajstić information content (AvgIpc) is 3.50. The van der Waals surface area contributed by atoms with Crippen LogP contribution >= 0.6 is 23.4 Å². The average molecular weight is 588 g/mol. The summed E-state index contributed by atoms with van der Waals surface area (Å²) in [6.45, 7) is 13.7. The Morgan fingerprint density at radius 3 is 2.45 bits per heavy atom. The number of thioether (sulfide) groups is 1. The molecule has 1 aromatic carbocycles. The minimum Gasteiger partial charge on any atom is -0.396 e. The van der Waals surface area contributed by atoms with E-state index in [-0.39, 0.29) is 30.9 Å². The van der Waals surface area contributed by atoms with Gasteiger partial charge in [-0.2, -0.15) is 0 Å². The molecule has 4 rings (SSSR count). The van der Waals surface area contributed by atoms with Crippen LogP contribution in [0.15, 0.2) is 49.6 Å². The molecule has 9 heteroatoms. The Kier molecular flexibility index (Phi) is 9.74. The number of hydrogen-bond acceptors (Lipinski definition) is 5. The van der Waals surface area contributed by atoms with E-state index in [9.17, 15) is 19.5 Å². The minimum atomic E-state index is -0.696. The van der Waals surface area contributed by atoms with Gasteiger partial charge in [-0.05, 0) is 69.7 Å². The summed E-state index contributed by atoms with van der Waals surface area (Å²) in [6.07, 6.45) is 7.80. The summed E-state index contributed by atoms with van der Waals surface area (Å²) < 4.78 is -1.10. The number of amides is 3. The van der Waals surface area contributed by atoms with Crippen LogP contribution in [0, 0.1) is 11.8 Å². The number of aliphatic hydroxyl groups is 1. The van der Waals surface area contributed by atoms with Gasteiger partial charge < -0.3 is 19.8 Å². The van der Waals surface area contributed by atoms with Crippen LogP contribution in [-0.2, 0) is 14.4 Å². The van der Waals surface area contributed by atoms with E-state index in [1.54, 1.807) is 45.8 Å². The molecule has 1 aromatic rings. The molecule has 40 heavy (non-hydrogen) atoms. The van der Waals surface area contributed by atoms with Gasteiger partial charge in [-0.3, -0.25) is 14.4 Å². The zero-order valence-corrected chi connectivity index (χ0v) is 25.3. The van der Waals surface area contributed by atoms with Gasteiger partial charge in [0.05, 0.1) is 16.6 Å². The standard InChI is InChI=1S/C31H42ClN3O4S/c1-5-17-33(18-6-2)27(37)24-25-28(38)35(20-9-8-10-21-36)26(31(25)16-15-30(24,4)40-31)29(39)34(19-7-3)23-13-11-22(32)12-14-23/h5,7,11-14,24-26,36H,1,3,6,8-10,15-21H2,2,4H3/t24-,25-,26?,30+,31?/m0/s1. The summed E-state index contributed by atoms with van der Waals surface area (Å²) in [5, 5.41) is 9.87. The number of aliphatic hydroxyl groups excluding tert-OH is 1. The van der Waals surface area contributed by atoms with Crippen LogP contribution < -0.4 is 4.90 Å². The lowest BCUT2D eigenvalue weighted by atomic mass is 9.66. The fraction of sp³-hybridized carbons (Fsp3) is 0.581. The lowest BCUT2D eigenvalue weighted by molar-refractivity contribution is -0.145. The Balaban J connectivity index is 1.77. The highest BCUT2D eigenvalue weighted by molar-refractivity contribution is 8.02. The van der Waals surface area contributed by atoms with Gasteiger partial charge in [-0.25, -0.2) is 0 Å². The van der Waals surface area contributed by atoms with Crippen molar-refractivity contribution in [1.82, 2.24) is 9.80 Å². The van der Waals surface area contributed by atoms with E-state index in [2.05, 4.69) is 20.1 Å². The molecule has 0 radical (unpaired) electrons. The maximum absolute atomic E-state index is 14.6. The zero-order valence-electron chi connectivity index (χ0n) is 23.7. The van der Waals surface area contributed by atoms with Crippen molar-refractivity contribution in [3.8, 4) is 0 Å². The zero-order chi connectivity index (χ0) is 29.1. The Morgan fingerprint density at radius 2 is 1.82 bits per heavy atom. The fourth-order valence-electron chi connectivity index (χ4n) is 7.03. The lowest BCUT2D eigenvalue weighted by Gasteiger charge is -2.38. The number of rotatable bonds is 14. The van der Waals surface area contributed by atoms with Gasteiger partial charge in [0.1, 0.15) is 6.04 Å². The van der Waals surface area contributed by atoms with E-state index in [4.69, 9.17) is 11.6 Å². The van der Waals surface area contributed by atoms with Crippen molar-refractivity contribution >= 4 is 46.8 Å². The maximum Gasteiger partial charge on any atom is 0.251 e.